The normalized spacial score (nSPS) is 18.2. The number of unbranched alkanes of at least 4 members (excludes halogenated alkanes) is 1. The van der Waals surface area contributed by atoms with Crippen molar-refractivity contribution in [2.24, 2.45) is 0 Å². The van der Waals surface area contributed by atoms with Crippen molar-refractivity contribution in [3.63, 3.8) is 0 Å². The van der Waals surface area contributed by atoms with Crippen LogP contribution in [0.3, 0.4) is 0 Å². The van der Waals surface area contributed by atoms with E-state index in [4.69, 9.17) is 0 Å². The Hall–Kier alpha value is -0.680. The highest BCUT2D eigenvalue weighted by molar-refractivity contribution is 8.77. The van der Waals surface area contributed by atoms with E-state index in [1.165, 1.54) is 30.7 Å². The average Bonchev–Trinajstić information content (AvgIpc) is 2.91. The number of halogens is 1. The fourth-order valence-corrected chi connectivity index (χ4v) is 5.23. The van der Waals surface area contributed by atoms with Gasteiger partial charge in [-0.25, -0.2) is 4.39 Å². The van der Waals surface area contributed by atoms with Gasteiger partial charge in [0.15, 0.2) is 0 Å². The third-order valence-corrected chi connectivity index (χ3v) is 6.38. The minimum Gasteiger partial charge on any atom is -0.326 e. The van der Waals surface area contributed by atoms with Crippen LogP contribution in [0.1, 0.15) is 37.7 Å². The van der Waals surface area contributed by atoms with Crippen LogP contribution in [0.25, 0.3) is 0 Å². The van der Waals surface area contributed by atoms with Crippen molar-refractivity contribution in [3.05, 3.63) is 29.6 Å². The second-order valence-electron chi connectivity index (χ2n) is 5.08. The zero-order chi connectivity index (χ0) is 14.4. The number of amides is 1. The van der Waals surface area contributed by atoms with Gasteiger partial charge in [0.1, 0.15) is 5.82 Å². The molecule has 1 aliphatic rings. The first kappa shape index (κ1) is 15.7. The molecule has 0 aliphatic carbocycles. The van der Waals surface area contributed by atoms with Crippen molar-refractivity contribution in [3.8, 4) is 0 Å². The summed E-state index contributed by atoms with van der Waals surface area (Å²) in [5.41, 5.74) is 1.47. The van der Waals surface area contributed by atoms with Crippen LogP contribution in [0, 0.1) is 12.7 Å². The van der Waals surface area contributed by atoms with E-state index in [9.17, 15) is 9.18 Å². The fourth-order valence-electron chi connectivity index (χ4n) is 2.20. The summed E-state index contributed by atoms with van der Waals surface area (Å²) in [6, 6.07) is 4.43. The van der Waals surface area contributed by atoms with E-state index in [1.807, 2.05) is 21.6 Å². The van der Waals surface area contributed by atoms with Crippen LogP contribution in [0.4, 0.5) is 10.1 Å². The van der Waals surface area contributed by atoms with Crippen LogP contribution >= 0.6 is 21.6 Å². The summed E-state index contributed by atoms with van der Waals surface area (Å²) >= 11 is 0. The summed E-state index contributed by atoms with van der Waals surface area (Å²) in [5.74, 6) is 1.01. The fraction of sp³-hybridized carbons (Fsp3) is 0.533. The molecule has 1 aromatic rings. The number of hydrogen-bond acceptors (Lipinski definition) is 3. The SMILES string of the molecule is Cc1cc(F)ccc1NC(=O)CCCCC1CCSS1. The van der Waals surface area contributed by atoms with Crippen molar-refractivity contribution >= 4 is 33.2 Å². The van der Waals surface area contributed by atoms with Gasteiger partial charge in [-0.15, -0.1) is 0 Å². The van der Waals surface area contributed by atoms with Crippen molar-refractivity contribution in [2.45, 2.75) is 44.3 Å². The maximum Gasteiger partial charge on any atom is 0.224 e. The molecular formula is C15H20FNOS2. The average molecular weight is 313 g/mol. The summed E-state index contributed by atoms with van der Waals surface area (Å²) in [6.45, 7) is 1.80. The standard InChI is InChI=1S/C15H20FNOS2/c1-11-10-12(16)6-7-14(11)17-15(18)5-3-2-4-13-8-9-19-20-13/h6-7,10,13H,2-5,8-9H2,1H3,(H,17,18). The number of benzene rings is 1. The quantitative estimate of drug-likeness (QED) is 0.605. The maximum absolute atomic E-state index is 13.0. The Labute approximate surface area is 127 Å². The van der Waals surface area contributed by atoms with Crippen molar-refractivity contribution in [2.75, 3.05) is 11.1 Å². The molecule has 1 aromatic carbocycles. The third-order valence-electron chi connectivity index (χ3n) is 3.37. The number of hydrogen-bond donors (Lipinski definition) is 1. The molecule has 0 saturated carbocycles. The number of carbonyl (C=O) groups excluding carboxylic acids is 1. The molecule has 110 valence electrons. The first-order valence-electron chi connectivity index (χ1n) is 6.99. The third kappa shape index (κ3) is 5.02. The van der Waals surface area contributed by atoms with Gasteiger partial charge in [0, 0.05) is 23.1 Å². The molecule has 1 saturated heterocycles. The zero-order valence-electron chi connectivity index (χ0n) is 11.7. The smallest absolute Gasteiger partial charge is 0.224 e. The number of nitrogens with one attached hydrogen (secondary N) is 1. The number of carbonyl (C=O) groups is 1. The molecule has 1 amide bonds. The van der Waals surface area contributed by atoms with Crippen LogP contribution in [0.15, 0.2) is 18.2 Å². The highest BCUT2D eigenvalue weighted by Gasteiger charge is 2.15. The van der Waals surface area contributed by atoms with Crippen molar-refractivity contribution in [1.82, 2.24) is 0 Å². The topological polar surface area (TPSA) is 29.1 Å². The van der Waals surface area contributed by atoms with Crippen LogP contribution in [-0.4, -0.2) is 16.9 Å². The zero-order valence-corrected chi connectivity index (χ0v) is 13.3. The molecule has 0 aromatic heterocycles. The van der Waals surface area contributed by atoms with Gasteiger partial charge < -0.3 is 5.32 Å². The second-order valence-corrected chi connectivity index (χ2v) is 7.87. The molecule has 2 rings (SSSR count). The minimum absolute atomic E-state index is 0.0214. The Bertz CT molecular complexity index is 461. The number of anilines is 1. The molecule has 1 fully saturated rings. The summed E-state index contributed by atoms with van der Waals surface area (Å²) in [7, 11) is 3.95. The van der Waals surface area contributed by atoms with Gasteiger partial charge >= 0.3 is 0 Å². The van der Waals surface area contributed by atoms with Gasteiger partial charge in [-0.3, -0.25) is 4.79 Å². The van der Waals surface area contributed by atoms with Crippen molar-refractivity contribution in [1.29, 1.82) is 0 Å². The van der Waals surface area contributed by atoms with E-state index < -0.39 is 0 Å². The highest BCUT2D eigenvalue weighted by Crippen LogP contribution is 2.39. The van der Waals surface area contributed by atoms with E-state index in [0.717, 1.165) is 23.7 Å². The minimum atomic E-state index is -0.271. The second kappa shape index (κ2) is 7.93. The van der Waals surface area contributed by atoms with Crippen molar-refractivity contribution < 1.29 is 9.18 Å². The molecule has 0 bridgehead atoms. The number of rotatable bonds is 6. The lowest BCUT2D eigenvalue weighted by molar-refractivity contribution is -0.116. The van der Waals surface area contributed by atoms with Gasteiger partial charge in [-0.2, -0.15) is 0 Å². The molecular weight excluding hydrogens is 293 g/mol. The number of aryl methyl sites for hydroxylation is 1. The van der Waals surface area contributed by atoms with Crippen LogP contribution in [0.5, 0.6) is 0 Å². The molecule has 1 atom stereocenters. The van der Waals surface area contributed by atoms with E-state index in [0.29, 0.717) is 12.1 Å². The molecule has 1 N–H and O–H groups in total. The maximum atomic E-state index is 13.0. The molecule has 5 heteroatoms. The molecule has 1 aliphatic heterocycles. The van der Waals surface area contributed by atoms with E-state index in [1.54, 1.807) is 13.0 Å². The predicted molar refractivity (Wildman–Crippen MR) is 86.7 cm³/mol. The van der Waals surface area contributed by atoms with Crippen LogP contribution in [-0.2, 0) is 4.79 Å². The van der Waals surface area contributed by atoms with Gasteiger partial charge in [-0.1, -0.05) is 28.0 Å². The Kier molecular flexibility index (Phi) is 6.23. The molecule has 2 nitrogen and oxygen atoms in total. The summed E-state index contributed by atoms with van der Waals surface area (Å²) in [4.78, 5) is 11.8. The van der Waals surface area contributed by atoms with E-state index >= 15 is 0 Å². The summed E-state index contributed by atoms with van der Waals surface area (Å²) in [5, 5.41) is 3.63. The molecule has 0 radical (unpaired) electrons. The monoisotopic (exact) mass is 313 g/mol. The van der Waals surface area contributed by atoms with Gasteiger partial charge in [0.25, 0.3) is 0 Å². The molecule has 0 spiro atoms. The molecule has 20 heavy (non-hydrogen) atoms. The molecule has 1 heterocycles. The lowest BCUT2D eigenvalue weighted by atomic mass is 10.1. The predicted octanol–water partition coefficient (Wildman–Crippen LogP) is 4.79. The molecule has 1 unspecified atom stereocenters. The first-order chi connectivity index (χ1) is 9.65. The van der Waals surface area contributed by atoms with Crippen LogP contribution in [0.2, 0.25) is 0 Å². The van der Waals surface area contributed by atoms with E-state index in [2.05, 4.69) is 5.32 Å². The Morgan fingerprint density at radius 3 is 3.00 bits per heavy atom. The summed E-state index contributed by atoms with van der Waals surface area (Å²) in [6.07, 6.45) is 5.08. The summed E-state index contributed by atoms with van der Waals surface area (Å²) < 4.78 is 13.0. The lowest BCUT2D eigenvalue weighted by Crippen LogP contribution is -2.12. The largest absolute Gasteiger partial charge is 0.326 e. The first-order valence-corrected chi connectivity index (χ1v) is 9.37. The van der Waals surface area contributed by atoms with Gasteiger partial charge in [0.2, 0.25) is 5.91 Å². The van der Waals surface area contributed by atoms with Gasteiger partial charge in [-0.05, 0) is 49.9 Å². The van der Waals surface area contributed by atoms with E-state index in [-0.39, 0.29) is 11.7 Å². The lowest BCUT2D eigenvalue weighted by Gasteiger charge is -2.09. The Morgan fingerprint density at radius 1 is 1.45 bits per heavy atom. The Balaban J connectivity index is 1.67. The highest BCUT2D eigenvalue weighted by atomic mass is 33.1. The van der Waals surface area contributed by atoms with Crippen LogP contribution < -0.4 is 5.32 Å². The Morgan fingerprint density at radius 2 is 2.30 bits per heavy atom. The van der Waals surface area contributed by atoms with Gasteiger partial charge in [0.05, 0.1) is 0 Å².